The van der Waals surface area contributed by atoms with Crippen LogP contribution in [0.2, 0.25) is 0 Å². The molecule has 0 aliphatic rings. The maximum atomic E-state index is 10.9. The fourth-order valence-electron chi connectivity index (χ4n) is 6.28. The summed E-state index contributed by atoms with van der Waals surface area (Å²) in [6.45, 7) is 10.7. The first kappa shape index (κ1) is 30.8. The zero-order chi connectivity index (χ0) is 33.4. The first-order valence-corrected chi connectivity index (χ1v) is 16.2. The van der Waals surface area contributed by atoms with Gasteiger partial charge in [-0.1, -0.05) is 75.4 Å². The van der Waals surface area contributed by atoms with E-state index in [0.29, 0.717) is 11.3 Å². The Bertz CT molecular complexity index is 2250. The molecule has 7 aromatic rings. The van der Waals surface area contributed by atoms with E-state index in [4.69, 9.17) is 9.97 Å². The number of para-hydroxylation sites is 1. The summed E-state index contributed by atoms with van der Waals surface area (Å²) in [6.07, 6.45) is 1.84. The Labute approximate surface area is 282 Å². The Kier molecular flexibility index (Phi) is 7.98. The predicted molar refractivity (Wildman–Crippen MR) is 198 cm³/mol. The molecule has 5 nitrogen and oxygen atoms in total. The van der Waals surface area contributed by atoms with Crippen molar-refractivity contribution in [3.63, 3.8) is 0 Å². The number of aryl methyl sites for hydroxylation is 2. The first-order valence-electron chi connectivity index (χ1n) is 16.2. The van der Waals surface area contributed by atoms with Crippen LogP contribution in [0.4, 0.5) is 17.2 Å². The molecule has 0 aliphatic heterocycles. The van der Waals surface area contributed by atoms with Crippen molar-refractivity contribution >= 4 is 28.0 Å². The molecule has 3 heterocycles. The molecule has 0 radical (unpaired) electrons. The Morgan fingerprint density at radius 1 is 0.604 bits per heavy atom. The number of nitrogens with zero attached hydrogens (tertiary/aromatic N) is 4. The highest BCUT2D eigenvalue weighted by Crippen LogP contribution is 2.42. The summed E-state index contributed by atoms with van der Waals surface area (Å²) >= 11 is 0. The van der Waals surface area contributed by atoms with Crippen molar-refractivity contribution in [1.29, 1.82) is 0 Å². The molecule has 236 valence electrons. The highest BCUT2D eigenvalue weighted by Gasteiger charge is 2.23. The van der Waals surface area contributed by atoms with Gasteiger partial charge in [-0.25, -0.2) is 9.97 Å². The van der Waals surface area contributed by atoms with Crippen LogP contribution in [-0.4, -0.2) is 20.1 Å². The number of rotatable bonds is 6. The molecule has 0 saturated carbocycles. The minimum Gasteiger partial charge on any atom is -0.507 e. The van der Waals surface area contributed by atoms with Gasteiger partial charge in [0.15, 0.2) is 0 Å². The third-order valence-electron chi connectivity index (χ3n) is 8.64. The molecule has 0 atom stereocenters. The highest BCUT2D eigenvalue weighted by atomic mass is 16.3. The number of aromatic hydroxyl groups is 1. The molecule has 3 aromatic heterocycles. The third kappa shape index (κ3) is 6.15. The smallest absolute Gasteiger partial charge is 0.137 e. The van der Waals surface area contributed by atoms with Gasteiger partial charge in [-0.3, -0.25) is 9.88 Å². The van der Waals surface area contributed by atoms with Crippen molar-refractivity contribution < 1.29 is 5.11 Å². The average Bonchev–Trinajstić information content (AvgIpc) is 3.08. The summed E-state index contributed by atoms with van der Waals surface area (Å²) in [5, 5.41) is 13.2. The number of aromatic nitrogens is 3. The monoisotopic (exact) mass is 626 g/mol. The Morgan fingerprint density at radius 3 is 2.04 bits per heavy atom. The Balaban J connectivity index is 1.51. The molecule has 0 amide bonds. The van der Waals surface area contributed by atoms with Crippen LogP contribution in [0.3, 0.4) is 0 Å². The van der Waals surface area contributed by atoms with Gasteiger partial charge in [0.2, 0.25) is 0 Å². The number of phenolic OH excluding ortho intramolecular Hbond substituents is 1. The second-order valence-corrected chi connectivity index (χ2v) is 13.3. The lowest BCUT2D eigenvalue weighted by molar-refractivity contribution is 0.477. The van der Waals surface area contributed by atoms with Gasteiger partial charge in [-0.15, -0.1) is 0 Å². The number of benzene rings is 4. The van der Waals surface area contributed by atoms with Gasteiger partial charge in [-0.05, 0) is 114 Å². The summed E-state index contributed by atoms with van der Waals surface area (Å²) < 4.78 is 0. The van der Waals surface area contributed by atoms with Crippen LogP contribution < -0.4 is 4.90 Å². The van der Waals surface area contributed by atoms with Crippen LogP contribution in [0.25, 0.3) is 44.4 Å². The van der Waals surface area contributed by atoms with E-state index in [9.17, 15) is 5.11 Å². The summed E-state index contributed by atoms with van der Waals surface area (Å²) in [7, 11) is 0. The van der Waals surface area contributed by atoms with Crippen molar-refractivity contribution in [1.82, 2.24) is 15.0 Å². The van der Waals surface area contributed by atoms with E-state index >= 15 is 0 Å². The quantitative estimate of drug-likeness (QED) is 0.199. The van der Waals surface area contributed by atoms with Gasteiger partial charge in [-0.2, -0.15) is 0 Å². The number of phenols is 1. The Morgan fingerprint density at radius 2 is 1.29 bits per heavy atom. The maximum absolute atomic E-state index is 10.9. The van der Waals surface area contributed by atoms with Crippen molar-refractivity contribution in [2.24, 2.45) is 0 Å². The fraction of sp³-hybridized carbons (Fsp3) is 0.140. The Hall–Kier alpha value is -5.81. The van der Waals surface area contributed by atoms with E-state index in [0.717, 1.165) is 61.7 Å². The van der Waals surface area contributed by atoms with E-state index in [-0.39, 0.29) is 11.2 Å². The molecular weight excluding hydrogens is 589 g/mol. The van der Waals surface area contributed by atoms with Crippen molar-refractivity contribution in [2.45, 2.75) is 40.0 Å². The van der Waals surface area contributed by atoms with Crippen LogP contribution in [0.5, 0.6) is 5.75 Å². The van der Waals surface area contributed by atoms with Gasteiger partial charge in [0.05, 0.1) is 17.1 Å². The molecule has 7 rings (SSSR count). The van der Waals surface area contributed by atoms with E-state index in [1.807, 2.05) is 50.4 Å². The van der Waals surface area contributed by atoms with Gasteiger partial charge in [0.25, 0.3) is 0 Å². The molecule has 0 bridgehead atoms. The fourth-order valence-corrected chi connectivity index (χ4v) is 6.28. The molecule has 0 unspecified atom stereocenters. The van der Waals surface area contributed by atoms with Gasteiger partial charge >= 0.3 is 0 Å². The minimum atomic E-state index is -0.156. The molecule has 48 heavy (non-hydrogen) atoms. The van der Waals surface area contributed by atoms with Crippen LogP contribution in [0.15, 0.2) is 134 Å². The van der Waals surface area contributed by atoms with E-state index in [2.05, 4.69) is 122 Å². The van der Waals surface area contributed by atoms with Crippen molar-refractivity contribution in [3.8, 4) is 39.4 Å². The molecule has 0 fully saturated rings. The SMILES string of the molecule is Cc1cc(-c2cc(-c3cc(N(c4ccccn4)c4cccc5ccccc45)cc(C(C)(C)C)c3)nc(-c3ccccc3O)c2)cc(C)n1. The number of anilines is 3. The molecule has 0 aliphatic carbocycles. The largest absolute Gasteiger partial charge is 0.507 e. The number of hydrogen-bond donors (Lipinski definition) is 1. The van der Waals surface area contributed by atoms with Crippen LogP contribution >= 0.6 is 0 Å². The van der Waals surface area contributed by atoms with Crippen molar-refractivity contribution in [3.05, 3.63) is 151 Å². The molecule has 1 N–H and O–H groups in total. The summed E-state index contributed by atoms with van der Waals surface area (Å²) in [4.78, 5) is 16.9. The molecular formula is C43H38N4O. The van der Waals surface area contributed by atoms with Crippen LogP contribution in [-0.2, 0) is 5.41 Å². The topological polar surface area (TPSA) is 62.1 Å². The second-order valence-electron chi connectivity index (χ2n) is 13.3. The van der Waals surface area contributed by atoms with E-state index in [1.165, 1.54) is 5.56 Å². The van der Waals surface area contributed by atoms with Crippen molar-refractivity contribution in [2.75, 3.05) is 4.90 Å². The molecule has 0 saturated heterocycles. The second kappa shape index (κ2) is 12.4. The molecule has 0 spiro atoms. The minimum absolute atomic E-state index is 0.156. The average molecular weight is 627 g/mol. The first-order chi connectivity index (χ1) is 23.1. The zero-order valence-electron chi connectivity index (χ0n) is 27.9. The predicted octanol–water partition coefficient (Wildman–Crippen LogP) is 11.1. The zero-order valence-corrected chi connectivity index (χ0v) is 27.9. The van der Waals surface area contributed by atoms with E-state index in [1.54, 1.807) is 6.07 Å². The maximum Gasteiger partial charge on any atom is 0.137 e. The number of pyridine rings is 3. The summed E-state index contributed by atoms with van der Waals surface area (Å²) in [6, 6.07) is 43.4. The number of fused-ring (bicyclic) bond motifs is 1. The highest BCUT2D eigenvalue weighted by molar-refractivity contribution is 5.99. The number of hydrogen-bond acceptors (Lipinski definition) is 5. The van der Waals surface area contributed by atoms with Gasteiger partial charge in [0.1, 0.15) is 11.6 Å². The van der Waals surface area contributed by atoms with Gasteiger partial charge < -0.3 is 5.11 Å². The lowest BCUT2D eigenvalue weighted by Gasteiger charge is -2.29. The lowest BCUT2D eigenvalue weighted by Crippen LogP contribution is -2.16. The van der Waals surface area contributed by atoms with E-state index < -0.39 is 0 Å². The molecule has 5 heteroatoms. The normalized spacial score (nSPS) is 11.5. The van der Waals surface area contributed by atoms with Crippen LogP contribution in [0, 0.1) is 13.8 Å². The van der Waals surface area contributed by atoms with Crippen LogP contribution in [0.1, 0.15) is 37.7 Å². The standard InChI is InChI=1S/C43H38N4O/c1-28-21-31(22-29(2)45-28)32-25-38(46-39(26-32)37-16-8-9-18-41(37)48)33-23-34(43(3,4)5)27-35(24-33)47(42-19-10-11-20-44-42)40-17-12-14-30-13-6-7-15-36(30)40/h6-27,48H,1-5H3. The molecule has 4 aromatic carbocycles. The van der Waals surface area contributed by atoms with Gasteiger partial charge in [0, 0.05) is 39.8 Å². The summed E-state index contributed by atoms with van der Waals surface area (Å²) in [5.74, 6) is 1.02. The lowest BCUT2D eigenvalue weighted by atomic mass is 9.85. The third-order valence-corrected chi connectivity index (χ3v) is 8.64. The summed E-state index contributed by atoms with van der Waals surface area (Å²) in [5.41, 5.74) is 10.2.